The number of hydrogen-bond acceptors (Lipinski definition) is 13. The van der Waals surface area contributed by atoms with Crippen molar-refractivity contribution in [2.75, 3.05) is 23.8 Å². The first-order valence-corrected chi connectivity index (χ1v) is 13.6. The highest BCUT2D eigenvalue weighted by Gasteiger charge is 2.54. The molecule has 6 N–H and O–H groups in total. The van der Waals surface area contributed by atoms with E-state index < -0.39 is 29.2 Å². The Balaban J connectivity index is 1.49. The Bertz CT molecular complexity index is 1300. The number of β-lactam (4-membered cyclic amide) rings is 1. The summed E-state index contributed by atoms with van der Waals surface area (Å²) in [6.07, 6.45) is 1.45. The Morgan fingerprint density at radius 1 is 1.41 bits per heavy atom. The molecular formula is C21H22N8O5S3. The molecule has 0 bridgehead atoms. The van der Waals surface area contributed by atoms with Crippen molar-refractivity contribution in [2.24, 2.45) is 10.9 Å². The molecule has 4 heterocycles. The number of carbonyl (C=O) groups excluding carboxylic acids is 2. The summed E-state index contributed by atoms with van der Waals surface area (Å²) in [6.45, 7) is 3.85. The molecule has 4 rings (SSSR count). The number of amides is 2. The van der Waals surface area contributed by atoms with Crippen LogP contribution < -0.4 is 16.8 Å². The minimum absolute atomic E-state index is 0.0475. The maximum absolute atomic E-state index is 13.1. The van der Waals surface area contributed by atoms with Gasteiger partial charge in [-0.05, 0) is 17.7 Å². The average molecular weight is 563 g/mol. The largest absolute Gasteiger partial charge is 0.477 e. The van der Waals surface area contributed by atoms with Gasteiger partial charge in [-0.15, -0.1) is 22.0 Å². The van der Waals surface area contributed by atoms with Gasteiger partial charge in [0.1, 0.15) is 40.2 Å². The summed E-state index contributed by atoms with van der Waals surface area (Å²) in [6, 6.07) is 3.72. The number of carbonyl (C=O) groups is 3. The van der Waals surface area contributed by atoms with Gasteiger partial charge in [0.2, 0.25) is 0 Å². The Morgan fingerprint density at radius 2 is 2.22 bits per heavy atom. The summed E-state index contributed by atoms with van der Waals surface area (Å²) < 4.78 is 0.658. The van der Waals surface area contributed by atoms with Crippen molar-refractivity contribution >= 4 is 64.2 Å². The molecule has 16 heteroatoms. The summed E-state index contributed by atoms with van der Waals surface area (Å²) in [7, 11) is 0. The molecule has 2 aromatic rings. The monoisotopic (exact) mass is 562 g/mol. The number of anilines is 1. The molecule has 2 aliphatic heterocycles. The number of oxime groups is 1. The molecule has 0 spiro atoms. The molecule has 1 fully saturated rings. The number of nitrogens with zero attached hydrogens (tertiary/aromatic N) is 5. The average Bonchev–Trinajstić information content (AvgIpc) is 3.36. The number of nitrogen functional groups attached to an aromatic ring is 1. The Hall–Kier alpha value is -3.47. The third-order valence-corrected chi connectivity index (χ3v) is 8.61. The van der Waals surface area contributed by atoms with Crippen molar-refractivity contribution in [1.82, 2.24) is 25.4 Å². The first-order valence-electron chi connectivity index (χ1n) is 10.7. The number of nitrogens with two attached hydrogens (primary N) is 2. The lowest BCUT2D eigenvalue weighted by Crippen LogP contribution is -2.71. The van der Waals surface area contributed by atoms with E-state index in [1.54, 1.807) is 12.1 Å². The van der Waals surface area contributed by atoms with Crippen LogP contribution in [0.15, 0.2) is 51.6 Å². The fourth-order valence-corrected chi connectivity index (χ4v) is 6.73. The van der Waals surface area contributed by atoms with Crippen LogP contribution in [0.1, 0.15) is 10.7 Å². The van der Waals surface area contributed by atoms with Gasteiger partial charge in [-0.2, -0.15) is 0 Å². The molecule has 0 saturated carbocycles. The molecule has 13 nitrogen and oxygen atoms in total. The van der Waals surface area contributed by atoms with Gasteiger partial charge in [0, 0.05) is 18.1 Å². The molecule has 2 aliphatic rings. The number of pyridine rings is 1. The van der Waals surface area contributed by atoms with Gasteiger partial charge in [-0.3, -0.25) is 14.5 Å². The summed E-state index contributed by atoms with van der Waals surface area (Å²) in [5.41, 5.74) is 11.8. The third kappa shape index (κ3) is 5.76. The van der Waals surface area contributed by atoms with Crippen LogP contribution in [0.2, 0.25) is 0 Å². The number of rotatable bonds is 11. The molecule has 1 saturated heterocycles. The lowest BCUT2D eigenvalue weighted by Gasteiger charge is -2.49. The van der Waals surface area contributed by atoms with Gasteiger partial charge in [0.25, 0.3) is 11.8 Å². The predicted molar refractivity (Wildman–Crippen MR) is 140 cm³/mol. The second-order valence-corrected chi connectivity index (χ2v) is 10.9. The van der Waals surface area contributed by atoms with E-state index in [0.29, 0.717) is 26.4 Å². The topological polar surface area (TPSA) is 199 Å². The molecule has 194 valence electrons. The van der Waals surface area contributed by atoms with Crippen LogP contribution in [0, 0.1) is 0 Å². The molecule has 2 atom stereocenters. The lowest BCUT2D eigenvalue weighted by molar-refractivity contribution is -0.150. The van der Waals surface area contributed by atoms with Gasteiger partial charge in [0.05, 0.1) is 0 Å². The SMILES string of the molecule is C=CCON=C(C(=O)NC1C(=O)N2C(C(=O)O)=C(CSc3nnc(CN)s3)CS[C@H]12)c1cccc(N)n1. The molecule has 1 unspecified atom stereocenters. The van der Waals surface area contributed by atoms with Crippen LogP contribution in [-0.2, 0) is 25.8 Å². The highest BCUT2D eigenvalue weighted by molar-refractivity contribution is 8.01. The first kappa shape index (κ1) is 26.6. The van der Waals surface area contributed by atoms with E-state index in [0.717, 1.165) is 0 Å². The van der Waals surface area contributed by atoms with Gasteiger partial charge in [0.15, 0.2) is 10.1 Å². The number of carboxylic acid groups (broad SMARTS) is 1. The molecular weight excluding hydrogens is 540 g/mol. The number of fused-ring (bicyclic) bond motifs is 1. The van der Waals surface area contributed by atoms with E-state index in [1.807, 2.05) is 0 Å². The highest BCUT2D eigenvalue weighted by atomic mass is 32.2. The number of carboxylic acids is 1. The van der Waals surface area contributed by atoms with E-state index in [2.05, 4.69) is 32.2 Å². The van der Waals surface area contributed by atoms with Gasteiger partial charge < -0.3 is 26.7 Å². The fourth-order valence-electron chi connectivity index (χ4n) is 3.47. The van der Waals surface area contributed by atoms with Crippen LogP contribution in [0.4, 0.5) is 5.82 Å². The predicted octanol–water partition coefficient (Wildman–Crippen LogP) is 0.412. The highest BCUT2D eigenvalue weighted by Crippen LogP contribution is 2.41. The van der Waals surface area contributed by atoms with Gasteiger partial charge in [-0.25, -0.2) is 9.78 Å². The zero-order chi connectivity index (χ0) is 26.5. The molecule has 2 aromatic heterocycles. The number of aromatic nitrogens is 3. The minimum atomic E-state index is -1.22. The van der Waals surface area contributed by atoms with E-state index >= 15 is 0 Å². The van der Waals surface area contributed by atoms with Gasteiger partial charge in [-0.1, -0.05) is 47.0 Å². The third-order valence-electron chi connectivity index (χ3n) is 5.11. The van der Waals surface area contributed by atoms with Crippen LogP contribution >= 0.6 is 34.9 Å². The zero-order valence-corrected chi connectivity index (χ0v) is 21.6. The van der Waals surface area contributed by atoms with Crippen molar-refractivity contribution in [1.29, 1.82) is 0 Å². The van der Waals surface area contributed by atoms with Crippen LogP contribution in [0.25, 0.3) is 0 Å². The van der Waals surface area contributed by atoms with E-state index in [4.69, 9.17) is 16.3 Å². The number of nitrogens with one attached hydrogen (secondary N) is 1. The normalized spacial score (nSPS) is 19.2. The lowest BCUT2D eigenvalue weighted by atomic mass is 10.0. The second kappa shape index (κ2) is 11.7. The molecule has 2 amide bonds. The van der Waals surface area contributed by atoms with Crippen LogP contribution in [-0.4, -0.2) is 78.2 Å². The number of aliphatic carboxylic acids is 1. The fraction of sp³-hybridized carbons (Fsp3) is 0.286. The van der Waals surface area contributed by atoms with Crippen molar-refractivity contribution in [3.05, 3.63) is 52.8 Å². The van der Waals surface area contributed by atoms with Crippen molar-refractivity contribution in [3.8, 4) is 0 Å². The first-order chi connectivity index (χ1) is 17.8. The smallest absolute Gasteiger partial charge is 0.352 e. The summed E-state index contributed by atoms with van der Waals surface area (Å²) in [4.78, 5) is 48.6. The van der Waals surface area contributed by atoms with Crippen LogP contribution in [0.5, 0.6) is 0 Å². The van der Waals surface area contributed by atoms with E-state index in [9.17, 15) is 19.5 Å². The van der Waals surface area contributed by atoms with Gasteiger partial charge >= 0.3 is 5.97 Å². The number of hydrogen-bond donors (Lipinski definition) is 4. The van der Waals surface area contributed by atoms with Crippen molar-refractivity contribution in [3.63, 3.8) is 0 Å². The zero-order valence-electron chi connectivity index (χ0n) is 19.2. The number of thioether (sulfide) groups is 2. The molecule has 0 radical (unpaired) electrons. The summed E-state index contributed by atoms with van der Waals surface area (Å²) in [5.74, 6) is -1.63. The Morgan fingerprint density at radius 3 is 2.89 bits per heavy atom. The quantitative estimate of drug-likeness (QED) is 0.0735. The van der Waals surface area contributed by atoms with Crippen molar-refractivity contribution in [2.45, 2.75) is 22.3 Å². The second-order valence-electron chi connectivity index (χ2n) is 7.54. The molecule has 0 aromatic carbocycles. The summed E-state index contributed by atoms with van der Waals surface area (Å²) in [5, 5.41) is 24.4. The maximum atomic E-state index is 13.1. The van der Waals surface area contributed by atoms with Crippen molar-refractivity contribution < 1.29 is 24.3 Å². The standard InChI is InChI=1S/C21H22N8O5S3/c1-2-6-34-28-14(11-4-3-5-12(23)24-11)17(30)25-15-18(31)29-16(20(32)33)10(8-35-19(15)29)9-36-21-27-26-13(7-22)37-21/h2-5,15,19H,1,6-9,22H2,(H2,23,24)(H,25,30)(H,32,33)/t15?,19-/m1/s1. The minimum Gasteiger partial charge on any atom is -0.477 e. The maximum Gasteiger partial charge on any atom is 0.352 e. The van der Waals surface area contributed by atoms with E-state index in [1.165, 1.54) is 51.9 Å². The van der Waals surface area contributed by atoms with E-state index in [-0.39, 0.29) is 36.1 Å². The molecule has 37 heavy (non-hydrogen) atoms. The molecule has 0 aliphatic carbocycles. The Kier molecular flexibility index (Phi) is 8.42. The van der Waals surface area contributed by atoms with Crippen LogP contribution in [0.3, 0.4) is 0 Å². The Labute approximate surface area is 223 Å². The summed E-state index contributed by atoms with van der Waals surface area (Å²) >= 11 is 4.02.